The van der Waals surface area contributed by atoms with E-state index in [1.807, 2.05) is 0 Å². The fourth-order valence-corrected chi connectivity index (χ4v) is 4.30. The molecule has 8 heteroatoms. The zero-order valence-electron chi connectivity index (χ0n) is 12.7. The number of nitrogens with zero attached hydrogens (tertiary/aromatic N) is 2. The van der Waals surface area contributed by atoms with Crippen LogP contribution < -0.4 is 10.2 Å². The fourth-order valence-electron chi connectivity index (χ4n) is 2.86. The van der Waals surface area contributed by atoms with Crippen molar-refractivity contribution < 1.29 is 18.0 Å². The lowest BCUT2D eigenvalue weighted by Crippen LogP contribution is -2.34. The Kier molecular flexibility index (Phi) is 4.36. The highest BCUT2D eigenvalue weighted by Crippen LogP contribution is 2.24. The SMILES string of the molecule is O=C1CCN(S(=O)(=O)c2ccc(N3CCCC3=O)cc2)CCN1. The van der Waals surface area contributed by atoms with Crippen molar-refractivity contribution in [2.45, 2.75) is 24.2 Å². The molecule has 23 heavy (non-hydrogen) atoms. The Morgan fingerprint density at radius 2 is 1.70 bits per heavy atom. The van der Waals surface area contributed by atoms with E-state index >= 15 is 0 Å². The van der Waals surface area contributed by atoms with Crippen LogP contribution in [-0.2, 0) is 19.6 Å². The van der Waals surface area contributed by atoms with E-state index < -0.39 is 10.0 Å². The smallest absolute Gasteiger partial charge is 0.243 e. The van der Waals surface area contributed by atoms with Gasteiger partial charge in [-0.3, -0.25) is 9.59 Å². The lowest BCUT2D eigenvalue weighted by molar-refractivity contribution is -0.120. The lowest BCUT2D eigenvalue weighted by Gasteiger charge is -2.20. The Labute approximate surface area is 135 Å². The molecule has 3 rings (SSSR count). The van der Waals surface area contributed by atoms with Gasteiger partial charge in [-0.1, -0.05) is 0 Å². The highest BCUT2D eigenvalue weighted by atomic mass is 32.2. The molecule has 2 aliphatic heterocycles. The highest BCUT2D eigenvalue weighted by Gasteiger charge is 2.27. The van der Waals surface area contributed by atoms with E-state index in [2.05, 4.69) is 5.32 Å². The molecule has 0 radical (unpaired) electrons. The number of carbonyl (C=O) groups is 2. The topological polar surface area (TPSA) is 86.8 Å². The third-order valence-electron chi connectivity index (χ3n) is 4.13. The maximum Gasteiger partial charge on any atom is 0.243 e. The summed E-state index contributed by atoms with van der Waals surface area (Å²) in [6.45, 7) is 1.43. The first kappa shape index (κ1) is 15.9. The van der Waals surface area contributed by atoms with Crippen LogP contribution in [0.4, 0.5) is 5.69 Å². The van der Waals surface area contributed by atoms with Crippen LogP contribution in [0.5, 0.6) is 0 Å². The molecule has 0 spiro atoms. The standard InChI is InChI=1S/C15H19N3O4S/c19-14-7-10-17(11-8-16-14)23(21,22)13-5-3-12(4-6-13)18-9-1-2-15(18)20/h3-6H,1-2,7-11H2,(H,16,19). The molecule has 0 aromatic heterocycles. The van der Waals surface area contributed by atoms with Crippen LogP contribution in [0.15, 0.2) is 29.2 Å². The van der Waals surface area contributed by atoms with E-state index in [0.29, 0.717) is 19.5 Å². The van der Waals surface area contributed by atoms with Gasteiger partial charge in [0.25, 0.3) is 0 Å². The number of amides is 2. The molecule has 2 amide bonds. The molecule has 124 valence electrons. The predicted molar refractivity (Wildman–Crippen MR) is 84.4 cm³/mol. The number of carbonyl (C=O) groups excluding carboxylic acids is 2. The van der Waals surface area contributed by atoms with Crippen LogP contribution in [-0.4, -0.2) is 50.7 Å². The fraction of sp³-hybridized carbons (Fsp3) is 0.467. The summed E-state index contributed by atoms with van der Waals surface area (Å²) in [5, 5.41) is 2.66. The molecule has 2 aliphatic rings. The average molecular weight is 337 g/mol. The van der Waals surface area contributed by atoms with E-state index in [-0.39, 0.29) is 36.2 Å². The molecule has 2 saturated heterocycles. The van der Waals surface area contributed by atoms with Crippen molar-refractivity contribution in [3.05, 3.63) is 24.3 Å². The van der Waals surface area contributed by atoms with E-state index in [1.54, 1.807) is 17.0 Å². The minimum Gasteiger partial charge on any atom is -0.355 e. The molecule has 1 aromatic rings. The second kappa shape index (κ2) is 6.29. The van der Waals surface area contributed by atoms with Crippen LogP contribution in [0.2, 0.25) is 0 Å². The van der Waals surface area contributed by atoms with Gasteiger partial charge in [0.15, 0.2) is 0 Å². The number of sulfonamides is 1. The summed E-state index contributed by atoms with van der Waals surface area (Å²) in [7, 11) is -3.62. The molecule has 0 bridgehead atoms. The van der Waals surface area contributed by atoms with Crippen molar-refractivity contribution in [2.24, 2.45) is 0 Å². The monoisotopic (exact) mass is 337 g/mol. The quantitative estimate of drug-likeness (QED) is 0.861. The third-order valence-corrected chi connectivity index (χ3v) is 6.04. The van der Waals surface area contributed by atoms with Gasteiger partial charge < -0.3 is 10.2 Å². The van der Waals surface area contributed by atoms with E-state index in [1.165, 1.54) is 16.4 Å². The summed E-state index contributed by atoms with van der Waals surface area (Å²) >= 11 is 0. The number of hydrogen-bond acceptors (Lipinski definition) is 4. The van der Waals surface area contributed by atoms with Gasteiger partial charge in [-0.15, -0.1) is 0 Å². The molecule has 1 N–H and O–H groups in total. The zero-order valence-corrected chi connectivity index (χ0v) is 13.5. The van der Waals surface area contributed by atoms with Gasteiger partial charge >= 0.3 is 0 Å². The molecule has 7 nitrogen and oxygen atoms in total. The van der Waals surface area contributed by atoms with Gasteiger partial charge in [0, 0.05) is 44.7 Å². The van der Waals surface area contributed by atoms with Crippen molar-refractivity contribution in [1.29, 1.82) is 0 Å². The maximum absolute atomic E-state index is 12.6. The van der Waals surface area contributed by atoms with E-state index in [9.17, 15) is 18.0 Å². The van der Waals surface area contributed by atoms with Crippen LogP contribution in [0.1, 0.15) is 19.3 Å². The maximum atomic E-state index is 12.6. The summed E-state index contributed by atoms with van der Waals surface area (Å²) in [4.78, 5) is 24.9. The largest absolute Gasteiger partial charge is 0.355 e. The molecule has 2 fully saturated rings. The Balaban J connectivity index is 1.80. The molecule has 2 heterocycles. The first-order valence-corrected chi connectivity index (χ1v) is 9.10. The summed E-state index contributed by atoms with van der Waals surface area (Å²) < 4.78 is 26.6. The minimum absolute atomic E-state index is 0.0673. The highest BCUT2D eigenvalue weighted by molar-refractivity contribution is 7.89. The Bertz CT molecular complexity index is 715. The second-order valence-electron chi connectivity index (χ2n) is 5.65. The Morgan fingerprint density at radius 1 is 0.957 bits per heavy atom. The van der Waals surface area contributed by atoms with E-state index in [0.717, 1.165) is 12.1 Å². The molecular weight excluding hydrogens is 318 g/mol. The first-order chi connectivity index (χ1) is 11.0. The molecular formula is C15H19N3O4S. The third kappa shape index (κ3) is 3.23. The second-order valence-corrected chi connectivity index (χ2v) is 7.58. The van der Waals surface area contributed by atoms with Gasteiger partial charge in [0.05, 0.1) is 4.90 Å². The number of benzene rings is 1. The summed E-state index contributed by atoms with van der Waals surface area (Å²) in [6, 6.07) is 6.38. The van der Waals surface area contributed by atoms with Crippen molar-refractivity contribution in [2.75, 3.05) is 31.1 Å². The first-order valence-electron chi connectivity index (χ1n) is 7.66. The predicted octanol–water partition coefficient (Wildman–Crippen LogP) is 0.324. The van der Waals surface area contributed by atoms with Crippen LogP contribution in [0.3, 0.4) is 0 Å². The Hall–Kier alpha value is -1.93. The normalized spacial score (nSPS) is 20.4. The van der Waals surface area contributed by atoms with Gasteiger partial charge in [-0.25, -0.2) is 8.42 Å². The molecule has 1 aromatic carbocycles. The number of hydrogen-bond donors (Lipinski definition) is 1. The number of anilines is 1. The van der Waals surface area contributed by atoms with Gasteiger partial charge in [0.1, 0.15) is 0 Å². The molecule has 0 atom stereocenters. The van der Waals surface area contributed by atoms with Crippen molar-refractivity contribution in [3.8, 4) is 0 Å². The summed E-state index contributed by atoms with van der Waals surface area (Å²) in [5.41, 5.74) is 0.721. The van der Waals surface area contributed by atoms with Gasteiger partial charge in [-0.2, -0.15) is 4.31 Å². The van der Waals surface area contributed by atoms with Crippen molar-refractivity contribution in [3.63, 3.8) is 0 Å². The molecule has 0 saturated carbocycles. The molecule has 0 unspecified atom stereocenters. The minimum atomic E-state index is -3.62. The summed E-state index contributed by atoms with van der Waals surface area (Å²) in [6.07, 6.45) is 1.53. The van der Waals surface area contributed by atoms with Crippen LogP contribution >= 0.6 is 0 Å². The van der Waals surface area contributed by atoms with Crippen molar-refractivity contribution >= 4 is 27.5 Å². The molecule has 0 aliphatic carbocycles. The Morgan fingerprint density at radius 3 is 2.35 bits per heavy atom. The zero-order chi connectivity index (χ0) is 16.4. The van der Waals surface area contributed by atoms with Crippen LogP contribution in [0, 0.1) is 0 Å². The number of nitrogens with one attached hydrogen (secondary N) is 1. The van der Waals surface area contributed by atoms with Gasteiger partial charge in [-0.05, 0) is 30.7 Å². The van der Waals surface area contributed by atoms with Crippen LogP contribution in [0.25, 0.3) is 0 Å². The lowest BCUT2D eigenvalue weighted by atomic mass is 10.3. The van der Waals surface area contributed by atoms with Crippen molar-refractivity contribution in [1.82, 2.24) is 9.62 Å². The van der Waals surface area contributed by atoms with E-state index in [4.69, 9.17) is 0 Å². The van der Waals surface area contributed by atoms with Gasteiger partial charge in [0.2, 0.25) is 21.8 Å². The average Bonchev–Trinajstić information content (AvgIpc) is 2.83. The number of rotatable bonds is 3. The summed E-state index contributed by atoms with van der Waals surface area (Å²) in [5.74, 6) is -0.0664.